The van der Waals surface area contributed by atoms with E-state index in [0.717, 1.165) is 23.1 Å². The van der Waals surface area contributed by atoms with Crippen molar-refractivity contribution in [3.05, 3.63) is 34.9 Å². The largest absolute Gasteiger partial charge is 0.385 e. The molecule has 0 bridgehead atoms. The number of nitrogens with one attached hydrogen (secondary N) is 1. The van der Waals surface area contributed by atoms with E-state index >= 15 is 0 Å². The maximum absolute atomic E-state index is 13.3. The highest BCUT2D eigenvalue weighted by molar-refractivity contribution is 7.81. The van der Waals surface area contributed by atoms with Crippen LogP contribution in [0.2, 0.25) is 0 Å². The molecule has 2 rings (SSSR count). The normalized spacial score (nSPS) is 25.0. The van der Waals surface area contributed by atoms with Crippen LogP contribution >= 0.6 is 12.6 Å². The second kappa shape index (κ2) is 8.54. The van der Waals surface area contributed by atoms with E-state index in [0.29, 0.717) is 26.1 Å². The van der Waals surface area contributed by atoms with Gasteiger partial charge in [0.15, 0.2) is 0 Å². The molecule has 3 N–H and O–H groups in total. The Kier molecular flexibility index (Phi) is 6.91. The summed E-state index contributed by atoms with van der Waals surface area (Å²) in [6, 6.07) is 5.67. The zero-order valence-corrected chi connectivity index (χ0v) is 16.6. The van der Waals surface area contributed by atoms with Gasteiger partial charge in [0.05, 0.1) is 11.7 Å². The van der Waals surface area contributed by atoms with Crippen molar-refractivity contribution in [2.75, 3.05) is 26.8 Å². The van der Waals surface area contributed by atoms with Crippen molar-refractivity contribution in [3.8, 4) is 0 Å². The fourth-order valence-corrected chi connectivity index (χ4v) is 4.00. The number of piperazine rings is 1. The summed E-state index contributed by atoms with van der Waals surface area (Å²) in [6.07, 6.45) is 1.46. The van der Waals surface area contributed by atoms with Gasteiger partial charge in [0.25, 0.3) is 5.91 Å². The van der Waals surface area contributed by atoms with Crippen LogP contribution in [-0.4, -0.2) is 54.6 Å². The van der Waals surface area contributed by atoms with E-state index in [9.17, 15) is 4.79 Å². The average molecular weight is 366 g/mol. The van der Waals surface area contributed by atoms with Crippen LogP contribution in [0.3, 0.4) is 0 Å². The van der Waals surface area contributed by atoms with Gasteiger partial charge in [0.2, 0.25) is 0 Å². The summed E-state index contributed by atoms with van der Waals surface area (Å²) in [5.74, 6) is 0.0347. The van der Waals surface area contributed by atoms with Crippen molar-refractivity contribution in [3.63, 3.8) is 0 Å². The molecule has 1 amide bonds. The second-order valence-corrected chi connectivity index (χ2v) is 7.54. The third-order valence-corrected chi connectivity index (χ3v) is 5.92. The van der Waals surface area contributed by atoms with Crippen LogP contribution < -0.4 is 11.1 Å². The van der Waals surface area contributed by atoms with Crippen LogP contribution in [0, 0.1) is 13.8 Å². The molecule has 3 unspecified atom stereocenters. The SMILES string of the molecule is CCC(S)C1N(C(=O)c2cccc(C)c2C)CCNC1(N)CCOC. The Morgan fingerprint density at radius 1 is 1.52 bits per heavy atom. The number of hydrogen-bond acceptors (Lipinski definition) is 5. The lowest BCUT2D eigenvalue weighted by molar-refractivity contribution is 0.0259. The first kappa shape index (κ1) is 20.2. The molecule has 0 aromatic heterocycles. The molecule has 0 spiro atoms. The summed E-state index contributed by atoms with van der Waals surface area (Å²) >= 11 is 4.77. The van der Waals surface area contributed by atoms with E-state index in [1.54, 1.807) is 7.11 Å². The van der Waals surface area contributed by atoms with Crippen molar-refractivity contribution in [2.45, 2.75) is 50.6 Å². The number of methoxy groups -OCH3 is 1. The molecule has 1 aliphatic heterocycles. The number of rotatable bonds is 6. The Bertz CT molecular complexity index is 610. The molecule has 25 heavy (non-hydrogen) atoms. The standard InChI is InChI=1S/C19H31N3O2S/c1-5-16(25)17-19(20,9-12-24-4)21-10-11-22(17)18(23)15-8-6-7-13(2)14(15)3/h6-8,16-17,21,25H,5,9-12,20H2,1-4H3. The summed E-state index contributed by atoms with van der Waals surface area (Å²) in [6.45, 7) is 7.93. The van der Waals surface area contributed by atoms with Gasteiger partial charge in [-0.2, -0.15) is 12.6 Å². The Balaban J connectivity index is 2.39. The highest BCUT2D eigenvalue weighted by atomic mass is 32.1. The minimum atomic E-state index is -0.704. The fraction of sp³-hybridized carbons (Fsp3) is 0.632. The van der Waals surface area contributed by atoms with Gasteiger partial charge in [-0.05, 0) is 37.5 Å². The molecule has 1 aliphatic rings. The van der Waals surface area contributed by atoms with Crippen molar-refractivity contribution in [2.24, 2.45) is 5.73 Å². The molecule has 0 aliphatic carbocycles. The van der Waals surface area contributed by atoms with Crippen LogP contribution in [0.5, 0.6) is 0 Å². The first-order valence-corrected chi connectivity index (χ1v) is 9.45. The highest BCUT2D eigenvalue weighted by Gasteiger charge is 2.46. The monoisotopic (exact) mass is 365 g/mol. The molecule has 5 nitrogen and oxygen atoms in total. The Morgan fingerprint density at radius 3 is 2.88 bits per heavy atom. The van der Waals surface area contributed by atoms with Gasteiger partial charge in [-0.1, -0.05) is 19.1 Å². The third kappa shape index (κ3) is 4.19. The molecule has 1 fully saturated rings. The summed E-state index contributed by atoms with van der Waals surface area (Å²) in [4.78, 5) is 15.3. The lowest BCUT2D eigenvalue weighted by Crippen LogP contribution is -2.75. The highest BCUT2D eigenvalue weighted by Crippen LogP contribution is 2.29. The Labute approximate surface area is 156 Å². The van der Waals surface area contributed by atoms with Crippen molar-refractivity contribution < 1.29 is 9.53 Å². The summed E-state index contributed by atoms with van der Waals surface area (Å²) < 4.78 is 5.24. The maximum Gasteiger partial charge on any atom is 0.254 e. The van der Waals surface area contributed by atoms with E-state index < -0.39 is 5.66 Å². The predicted molar refractivity (Wildman–Crippen MR) is 105 cm³/mol. The van der Waals surface area contributed by atoms with Gasteiger partial charge < -0.3 is 15.4 Å². The van der Waals surface area contributed by atoms with Gasteiger partial charge in [0, 0.05) is 44.0 Å². The number of carbonyl (C=O) groups is 1. The molecule has 1 aromatic carbocycles. The minimum Gasteiger partial charge on any atom is -0.385 e. The number of nitrogens with two attached hydrogens (primary N) is 1. The predicted octanol–water partition coefficient (Wildman–Crippen LogP) is 2.12. The molecule has 6 heteroatoms. The summed E-state index contributed by atoms with van der Waals surface area (Å²) in [7, 11) is 1.66. The quantitative estimate of drug-likeness (QED) is 0.676. The zero-order chi connectivity index (χ0) is 18.6. The van der Waals surface area contributed by atoms with Crippen LogP contribution in [0.25, 0.3) is 0 Å². The van der Waals surface area contributed by atoms with Gasteiger partial charge in [-0.15, -0.1) is 0 Å². The number of aryl methyl sites for hydroxylation is 1. The first-order valence-electron chi connectivity index (χ1n) is 8.93. The van der Waals surface area contributed by atoms with Crippen LogP contribution in [0.1, 0.15) is 41.3 Å². The molecule has 0 saturated carbocycles. The minimum absolute atomic E-state index is 0.0104. The number of ether oxygens (including phenoxy) is 1. The number of benzene rings is 1. The molecule has 3 atom stereocenters. The van der Waals surface area contributed by atoms with Gasteiger partial charge in [0.1, 0.15) is 0 Å². The lowest BCUT2D eigenvalue weighted by Gasteiger charge is -2.51. The summed E-state index contributed by atoms with van der Waals surface area (Å²) in [5.41, 5.74) is 8.89. The number of nitrogens with zero attached hydrogens (tertiary/aromatic N) is 1. The zero-order valence-electron chi connectivity index (χ0n) is 15.7. The van der Waals surface area contributed by atoms with Crippen molar-refractivity contribution in [1.82, 2.24) is 10.2 Å². The molecular formula is C19H31N3O2S. The first-order chi connectivity index (χ1) is 11.9. The molecule has 1 heterocycles. The molecule has 1 aromatic rings. The topological polar surface area (TPSA) is 67.6 Å². The average Bonchev–Trinajstić information content (AvgIpc) is 2.61. The van der Waals surface area contributed by atoms with Crippen LogP contribution in [-0.2, 0) is 4.74 Å². The molecular weight excluding hydrogens is 334 g/mol. The van der Waals surface area contributed by atoms with Gasteiger partial charge >= 0.3 is 0 Å². The smallest absolute Gasteiger partial charge is 0.254 e. The second-order valence-electron chi connectivity index (χ2n) is 6.88. The Morgan fingerprint density at radius 2 is 2.24 bits per heavy atom. The van der Waals surface area contributed by atoms with Crippen molar-refractivity contribution >= 4 is 18.5 Å². The molecule has 1 saturated heterocycles. The van der Waals surface area contributed by atoms with E-state index in [1.807, 2.05) is 36.9 Å². The van der Waals surface area contributed by atoms with E-state index in [2.05, 4.69) is 12.2 Å². The number of amides is 1. The Hall–Kier alpha value is -1.08. The summed E-state index contributed by atoms with van der Waals surface area (Å²) in [5, 5.41) is 3.40. The number of thiol groups is 1. The molecule has 140 valence electrons. The number of hydrogen-bond donors (Lipinski definition) is 3. The van der Waals surface area contributed by atoms with Gasteiger partial charge in [-0.25, -0.2) is 0 Å². The fourth-order valence-electron chi connectivity index (χ4n) is 3.58. The maximum atomic E-state index is 13.3. The van der Waals surface area contributed by atoms with E-state index in [4.69, 9.17) is 23.1 Å². The van der Waals surface area contributed by atoms with Crippen molar-refractivity contribution in [1.29, 1.82) is 0 Å². The molecule has 0 radical (unpaired) electrons. The lowest BCUT2D eigenvalue weighted by atomic mass is 9.88. The third-order valence-electron chi connectivity index (χ3n) is 5.27. The van der Waals surface area contributed by atoms with Gasteiger partial charge in [-0.3, -0.25) is 10.1 Å². The van der Waals surface area contributed by atoms with Crippen LogP contribution in [0.4, 0.5) is 0 Å². The van der Waals surface area contributed by atoms with E-state index in [1.165, 1.54) is 0 Å². The van der Waals surface area contributed by atoms with Crippen LogP contribution in [0.15, 0.2) is 18.2 Å². The van der Waals surface area contributed by atoms with E-state index in [-0.39, 0.29) is 17.2 Å². The number of carbonyl (C=O) groups excluding carboxylic acids is 1.